The van der Waals surface area contributed by atoms with Crippen molar-refractivity contribution in [2.24, 2.45) is 10.9 Å². The number of hydrogen-bond acceptors (Lipinski definition) is 5. The Morgan fingerprint density at radius 3 is 2.84 bits per heavy atom. The summed E-state index contributed by atoms with van der Waals surface area (Å²) in [6.45, 7) is 10.4. The third-order valence-electron chi connectivity index (χ3n) is 6.34. The third-order valence-corrected chi connectivity index (χ3v) is 7.20. The number of piperidine rings is 1. The molecule has 2 unspecified atom stereocenters. The minimum Gasteiger partial charge on any atom is -0.468 e. The molecule has 2 aliphatic rings. The molecular formula is C24H37N5OS. The molecule has 2 aliphatic heterocycles. The minimum absolute atomic E-state index is 0.226. The van der Waals surface area contributed by atoms with Gasteiger partial charge in [0, 0.05) is 31.1 Å². The molecule has 6 nitrogen and oxygen atoms in total. The number of nitrogens with zero attached hydrogens (tertiary/aromatic N) is 3. The SMILES string of the molecule is CCNC(=NCC(c1ccco1)N1CCCC1)NCC1CCCN(Cc2cccs2)C1. The minimum atomic E-state index is 0.226. The van der Waals surface area contributed by atoms with Crippen LogP contribution in [0.3, 0.4) is 0 Å². The van der Waals surface area contributed by atoms with E-state index in [0.717, 1.165) is 57.5 Å². The number of rotatable bonds is 9. The summed E-state index contributed by atoms with van der Waals surface area (Å²) in [7, 11) is 0. The van der Waals surface area contributed by atoms with Crippen molar-refractivity contribution in [1.29, 1.82) is 0 Å². The van der Waals surface area contributed by atoms with Crippen LogP contribution >= 0.6 is 11.3 Å². The monoisotopic (exact) mass is 443 g/mol. The van der Waals surface area contributed by atoms with Crippen LogP contribution in [0.15, 0.2) is 45.3 Å². The molecule has 2 saturated heterocycles. The van der Waals surface area contributed by atoms with Gasteiger partial charge in [0.15, 0.2) is 5.96 Å². The Hall–Kier alpha value is -1.83. The standard InChI is InChI=1S/C24H37N5OS/c1-2-25-24(27-17-22(23-10-6-14-30-23)29-12-3-4-13-29)26-16-20-8-5-11-28(18-20)19-21-9-7-15-31-21/h6-7,9-10,14-15,20,22H,2-5,8,11-13,16-19H2,1H3,(H2,25,26,27). The van der Waals surface area contributed by atoms with E-state index in [1.165, 1.54) is 37.1 Å². The molecule has 0 spiro atoms. The molecule has 0 bridgehead atoms. The summed E-state index contributed by atoms with van der Waals surface area (Å²) in [6.07, 6.45) is 6.87. The van der Waals surface area contributed by atoms with Gasteiger partial charge in [-0.2, -0.15) is 0 Å². The third kappa shape index (κ3) is 6.57. The van der Waals surface area contributed by atoms with Crippen LogP contribution in [0, 0.1) is 5.92 Å². The summed E-state index contributed by atoms with van der Waals surface area (Å²) in [4.78, 5) is 11.5. The van der Waals surface area contributed by atoms with Crippen molar-refractivity contribution in [3.63, 3.8) is 0 Å². The molecule has 0 aliphatic carbocycles. The quantitative estimate of drug-likeness (QED) is 0.454. The van der Waals surface area contributed by atoms with Crippen molar-refractivity contribution < 1.29 is 4.42 Å². The lowest BCUT2D eigenvalue weighted by atomic mass is 9.98. The van der Waals surface area contributed by atoms with E-state index < -0.39 is 0 Å². The van der Waals surface area contributed by atoms with Crippen molar-refractivity contribution in [1.82, 2.24) is 20.4 Å². The molecule has 2 aromatic heterocycles. The first kappa shape index (κ1) is 22.4. The lowest BCUT2D eigenvalue weighted by Gasteiger charge is -2.32. The summed E-state index contributed by atoms with van der Waals surface area (Å²) in [5, 5.41) is 9.24. The normalized spacial score (nSPS) is 22.0. The van der Waals surface area contributed by atoms with Crippen LogP contribution in [0.5, 0.6) is 0 Å². The van der Waals surface area contributed by atoms with Crippen LogP contribution < -0.4 is 10.6 Å². The highest BCUT2D eigenvalue weighted by atomic mass is 32.1. The van der Waals surface area contributed by atoms with Crippen LogP contribution in [0.1, 0.15) is 49.3 Å². The van der Waals surface area contributed by atoms with Gasteiger partial charge in [0.05, 0.1) is 18.8 Å². The van der Waals surface area contributed by atoms with Crippen LogP contribution in [0.25, 0.3) is 0 Å². The fourth-order valence-electron chi connectivity index (χ4n) is 4.76. The predicted molar refractivity (Wildman–Crippen MR) is 129 cm³/mol. The molecule has 4 rings (SSSR count). The maximum absolute atomic E-state index is 5.75. The first-order valence-electron chi connectivity index (χ1n) is 11.9. The lowest BCUT2D eigenvalue weighted by Crippen LogP contribution is -2.44. The van der Waals surface area contributed by atoms with E-state index in [4.69, 9.17) is 9.41 Å². The van der Waals surface area contributed by atoms with Crippen LogP contribution in [-0.2, 0) is 6.54 Å². The Morgan fingerprint density at radius 2 is 2.10 bits per heavy atom. The van der Waals surface area contributed by atoms with E-state index in [1.807, 2.05) is 17.4 Å². The van der Waals surface area contributed by atoms with Gasteiger partial charge >= 0.3 is 0 Å². The molecule has 2 aromatic rings. The van der Waals surface area contributed by atoms with Gasteiger partial charge in [-0.25, -0.2) is 0 Å². The maximum atomic E-state index is 5.75. The largest absolute Gasteiger partial charge is 0.468 e. The Balaban J connectivity index is 1.31. The number of hydrogen-bond donors (Lipinski definition) is 2. The maximum Gasteiger partial charge on any atom is 0.191 e. The first-order valence-corrected chi connectivity index (χ1v) is 12.7. The van der Waals surface area contributed by atoms with E-state index in [-0.39, 0.29) is 6.04 Å². The second-order valence-electron chi connectivity index (χ2n) is 8.70. The molecule has 7 heteroatoms. The highest BCUT2D eigenvalue weighted by molar-refractivity contribution is 7.09. The molecule has 0 amide bonds. The second-order valence-corrected chi connectivity index (χ2v) is 9.73. The highest BCUT2D eigenvalue weighted by Gasteiger charge is 2.25. The van der Waals surface area contributed by atoms with Crippen LogP contribution in [0.4, 0.5) is 0 Å². The average Bonchev–Trinajstić information content (AvgIpc) is 3.56. The van der Waals surface area contributed by atoms with Gasteiger partial charge in [0.1, 0.15) is 5.76 Å². The zero-order valence-corrected chi connectivity index (χ0v) is 19.6. The number of likely N-dealkylation sites (tertiary alicyclic amines) is 2. The summed E-state index contributed by atoms with van der Waals surface area (Å²) >= 11 is 1.86. The molecule has 31 heavy (non-hydrogen) atoms. The summed E-state index contributed by atoms with van der Waals surface area (Å²) < 4.78 is 5.75. The lowest BCUT2D eigenvalue weighted by molar-refractivity contribution is 0.169. The van der Waals surface area contributed by atoms with Crippen molar-refractivity contribution in [3.8, 4) is 0 Å². The van der Waals surface area contributed by atoms with Crippen LogP contribution in [-0.4, -0.2) is 61.6 Å². The fraction of sp³-hybridized carbons (Fsp3) is 0.625. The van der Waals surface area contributed by atoms with Gasteiger partial charge < -0.3 is 15.1 Å². The van der Waals surface area contributed by atoms with Crippen LogP contribution in [0.2, 0.25) is 0 Å². The van der Waals surface area contributed by atoms with Crippen molar-refractivity contribution in [2.75, 3.05) is 45.8 Å². The summed E-state index contributed by atoms with van der Waals surface area (Å²) in [5.74, 6) is 2.61. The van der Waals surface area contributed by atoms with Gasteiger partial charge in [0.2, 0.25) is 0 Å². The first-order chi connectivity index (χ1) is 15.3. The molecule has 2 N–H and O–H groups in total. The van der Waals surface area contributed by atoms with Gasteiger partial charge in [-0.1, -0.05) is 6.07 Å². The molecule has 4 heterocycles. The van der Waals surface area contributed by atoms with Gasteiger partial charge in [-0.15, -0.1) is 11.3 Å². The smallest absolute Gasteiger partial charge is 0.191 e. The summed E-state index contributed by atoms with van der Waals surface area (Å²) in [5.41, 5.74) is 0. The fourth-order valence-corrected chi connectivity index (χ4v) is 5.51. The van der Waals surface area contributed by atoms with Gasteiger partial charge in [0.25, 0.3) is 0 Å². The summed E-state index contributed by atoms with van der Waals surface area (Å²) in [6, 6.07) is 8.70. The molecule has 2 fully saturated rings. The second kappa shape index (κ2) is 11.7. The molecule has 0 radical (unpaired) electrons. The van der Waals surface area contributed by atoms with Crippen molar-refractivity contribution >= 4 is 17.3 Å². The Bertz CT molecular complexity index is 770. The zero-order chi connectivity index (χ0) is 21.3. The number of thiophene rings is 1. The van der Waals surface area contributed by atoms with Gasteiger partial charge in [-0.3, -0.25) is 14.8 Å². The number of furan rings is 1. The molecule has 2 atom stereocenters. The highest BCUT2D eigenvalue weighted by Crippen LogP contribution is 2.26. The van der Waals surface area contributed by atoms with Crippen molar-refractivity contribution in [3.05, 3.63) is 46.5 Å². The molecular weight excluding hydrogens is 406 g/mol. The molecule has 170 valence electrons. The predicted octanol–water partition coefficient (Wildman–Crippen LogP) is 3.95. The zero-order valence-electron chi connectivity index (χ0n) is 18.8. The number of guanidine groups is 1. The topological polar surface area (TPSA) is 56.0 Å². The van der Waals surface area contributed by atoms with E-state index >= 15 is 0 Å². The Labute approximate surface area is 190 Å². The van der Waals surface area contributed by atoms with E-state index in [0.29, 0.717) is 5.92 Å². The van der Waals surface area contributed by atoms with E-state index in [1.54, 1.807) is 6.26 Å². The Morgan fingerprint density at radius 1 is 1.19 bits per heavy atom. The molecule has 0 aromatic carbocycles. The van der Waals surface area contributed by atoms with Gasteiger partial charge in [-0.05, 0) is 81.7 Å². The molecule has 0 saturated carbocycles. The van der Waals surface area contributed by atoms with E-state index in [2.05, 4.69) is 50.9 Å². The number of nitrogens with one attached hydrogen (secondary N) is 2. The Kier molecular flexibility index (Phi) is 8.44. The average molecular weight is 444 g/mol. The van der Waals surface area contributed by atoms with Crippen molar-refractivity contribution in [2.45, 2.75) is 45.2 Å². The number of aliphatic imine (C=N–C) groups is 1. The van der Waals surface area contributed by atoms with E-state index in [9.17, 15) is 0 Å².